The van der Waals surface area contributed by atoms with Crippen molar-refractivity contribution in [2.75, 3.05) is 6.54 Å². The lowest BCUT2D eigenvalue weighted by Gasteiger charge is -2.21. The zero-order chi connectivity index (χ0) is 14.8. The average Bonchev–Trinajstić information content (AvgIpc) is 3.17. The summed E-state index contributed by atoms with van der Waals surface area (Å²) in [5.74, 6) is 1.42. The van der Waals surface area contributed by atoms with E-state index in [1.807, 2.05) is 11.0 Å². The van der Waals surface area contributed by atoms with E-state index in [0.717, 1.165) is 37.1 Å². The molecule has 2 aromatic rings. The number of amides is 1. The molecule has 0 aliphatic carbocycles. The van der Waals surface area contributed by atoms with Crippen molar-refractivity contribution in [1.29, 1.82) is 0 Å². The minimum absolute atomic E-state index is 0.0242. The van der Waals surface area contributed by atoms with Gasteiger partial charge in [-0.25, -0.2) is 0 Å². The van der Waals surface area contributed by atoms with Crippen LogP contribution in [-0.2, 0) is 6.42 Å². The van der Waals surface area contributed by atoms with Gasteiger partial charge in [0.05, 0.1) is 6.04 Å². The first-order chi connectivity index (χ1) is 10.2. The highest BCUT2D eigenvalue weighted by atomic mass is 16.5. The van der Waals surface area contributed by atoms with E-state index in [1.54, 1.807) is 13.0 Å². The summed E-state index contributed by atoms with van der Waals surface area (Å²) in [5, 5.41) is 7.95. The quantitative estimate of drug-likeness (QED) is 0.865. The van der Waals surface area contributed by atoms with Gasteiger partial charge < -0.3 is 13.9 Å². The Morgan fingerprint density at radius 2 is 2.24 bits per heavy atom. The van der Waals surface area contributed by atoms with Crippen LogP contribution in [0.3, 0.4) is 0 Å². The first-order valence-electron chi connectivity index (χ1n) is 7.39. The molecule has 1 fully saturated rings. The lowest BCUT2D eigenvalue weighted by Crippen LogP contribution is -2.30. The van der Waals surface area contributed by atoms with Gasteiger partial charge in [-0.2, -0.15) is 0 Å². The van der Waals surface area contributed by atoms with E-state index in [1.165, 1.54) is 0 Å². The maximum atomic E-state index is 12.5. The van der Waals surface area contributed by atoms with Crippen molar-refractivity contribution in [3.05, 3.63) is 35.0 Å². The normalized spacial score (nSPS) is 18.4. The Morgan fingerprint density at radius 1 is 1.38 bits per heavy atom. The van der Waals surface area contributed by atoms with Gasteiger partial charge in [-0.05, 0) is 26.2 Å². The number of aryl methyl sites for hydroxylation is 2. The molecule has 1 atom stereocenters. The van der Waals surface area contributed by atoms with Gasteiger partial charge in [0, 0.05) is 25.1 Å². The summed E-state index contributed by atoms with van der Waals surface area (Å²) >= 11 is 0. The first-order valence-corrected chi connectivity index (χ1v) is 7.39. The van der Waals surface area contributed by atoms with Crippen molar-refractivity contribution in [2.24, 2.45) is 0 Å². The molecule has 1 aliphatic rings. The number of nitrogens with zero attached hydrogens (tertiary/aromatic N) is 3. The van der Waals surface area contributed by atoms with E-state index in [4.69, 9.17) is 9.05 Å². The molecule has 0 unspecified atom stereocenters. The summed E-state index contributed by atoms with van der Waals surface area (Å²) < 4.78 is 10.3. The van der Waals surface area contributed by atoms with E-state index in [2.05, 4.69) is 17.2 Å². The van der Waals surface area contributed by atoms with Crippen molar-refractivity contribution in [3.63, 3.8) is 0 Å². The van der Waals surface area contributed by atoms with Crippen LogP contribution < -0.4 is 0 Å². The third-order valence-corrected chi connectivity index (χ3v) is 3.78. The monoisotopic (exact) mass is 289 g/mol. The van der Waals surface area contributed by atoms with E-state index < -0.39 is 0 Å². The molecule has 0 saturated carbocycles. The Morgan fingerprint density at radius 3 is 2.95 bits per heavy atom. The third kappa shape index (κ3) is 2.70. The van der Waals surface area contributed by atoms with Crippen LogP contribution >= 0.6 is 0 Å². The molecule has 112 valence electrons. The maximum Gasteiger partial charge on any atom is 0.276 e. The predicted octanol–water partition coefficient (Wildman–Crippen LogP) is 2.90. The maximum absolute atomic E-state index is 12.5. The van der Waals surface area contributed by atoms with Gasteiger partial charge in [0.25, 0.3) is 5.91 Å². The zero-order valence-corrected chi connectivity index (χ0v) is 12.3. The number of aromatic nitrogens is 2. The highest BCUT2D eigenvalue weighted by Gasteiger charge is 2.33. The summed E-state index contributed by atoms with van der Waals surface area (Å²) in [7, 11) is 0. The summed E-state index contributed by atoms with van der Waals surface area (Å²) in [6.07, 6.45) is 3.75. The van der Waals surface area contributed by atoms with Crippen LogP contribution in [0.25, 0.3) is 0 Å². The highest BCUT2D eigenvalue weighted by molar-refractivity contribution is 5.92. The smallest absolute Gasteiger partial charge is 0.276 e. The molecule has 1 amide bonds. The summed E-state index contributed by atoms with van der Waals surface area (Å²) in [6.45, 7) is 4.59. The molecule has 21 heavy (non-hydrogen) atoms. The molecule has 2 aromatic heterocycles. The molecule has 6 nitrogen and oxygen atoms in total. The second-order valence-corrected chi connectivity index (χ2v) is 5.45. The van der Waals surface area contributed by atoms with Gasteiger partial charge in [-0.15, -0.1) is 0 Å². The fourth-order valence-electron chi connectivity index (χ4n) is 2.78. The first kappa shape index (κ1) is 13.9. The predicted molar refractivity (Wildman–Crippen MR) is 74.7 cm³/mol. The van der Waals surface area contributed by atoms with Gasteiger partial charge in [-0.3, -0.25) is 4.79 Å². The van der Waals surface area contributed by atoms with Gasteiger partial charge >= 0.3 is 0 Å². The second kappa shape index (κ2) is 5.71. The van der Waals surface area contributed by atoms with Gasteiger partial charge in [0.2, 0.25) is 0 Å². The van der Waals surface area contributed by atoms with E-state index in [-0.39, 0.29) is 11.9 Å². The molecular formula is C15H19N3O3. The molecule has 0 radical (unpaired) electrons. The summed E-state index contributed by atoms with van der Waals surface area (Å²) in [4.78, 5) is 14.3. The van der Waals surface area contributed by atoms with Crippen LogP contribution in [0.5, 0.6) is 0 Å². The molecule has 0 aromatic carbocycles. The number of hydrogen-bond donors (Lipinski definition) is 0. The summed E-state index contributed by atoms with van der Waals surface area (Å²) in [6, 6.07) is 3.61. The van der Waals surface area contributed by atoms with Crippen molar-refractivity contribution < 1.29 is 13.8 Å². The molecule has 0 bridgehead atoms. The minimum Gasteiger partial charge on any atom is -0.361 e. The van der Waals surface area contributed by atoms with Crippen molar-refractivity contribution in [2.45, 2.75) is 45.6 Å². The molecular weight excluding hydrogens is 270 g/mol. The van der Waals surface area contributed by atoms with Gasteiger partial charge in [0.1, 0.15) is 17.2 Å². The Bertz CT molecular complexity index is 632. The molecule has 0 spiro atoms. The molecule has 3 rings (SSSR count). The van der Waals surface area contributed by atoms with Crippen LogP contribution in [0.4, 0.5) is 0 Å². The standard InChI is InChI=1S/C15H19N3O3/c1-3-5-11-9-12(16-21-11)14-6-4-7-18(14)15(19)13-8-10(2)20-17-13/h8-9,14H,3-7H2,1-2H3/t14-/m1/s1. The second-order valence-electron chi connectivity index (χ2n) is 5.45. The Labute approximate surface area is 123 Å². The van der Waals surface area contributed by atoms with E-state index in [9.17, 15) is 4.79 Å². The average molecular weight is 289 g/mol. The van der Waals surface area contributed by atoms with Gasteiger partial charge in [-0.1, -0.05) is 17.2 Å². The van der Waals surface area contributed by atoms with Crippen LogP contribution in [-0.4, -0.2) is 27.7 Å². The fraction of sp³-hybridized carbons (Fsp3) is 0.533. The molecule has 0 N–H and O–H groups in total. The van der Waals surface area contributed by atoms with Crippen LogP contribution in [0.1, 0.15) is 59.9 Å². The SMILES string of the molecule is CCCc1cc([C@H]2CCCN2C(=O)c2cc(C)on2)no1. The number of rotatable bonds is 4. The van der Waals surface area contributed by atoms with Crippen LogP contribution in [0, 0.1) is 6.92 Å². The van der Waals surface area contributed by atoms with Crippen LogP contribution in [0.15, 0.2) is 21.2 Å². The van der Waals surface area contributed by atoms with E-state index in [0.29, 0.717) is 18.0 Å². The molecule has 3 heterocycles. The Hall–Kier alpha value is -2.11. The molecule has 1 saturated heterocycles. The highest BCUT2D eigenvalue weighted by Crippen LogP contribution is 2.32. The van der Waals surface area contributed by atoms with Crippen LogP contribution in [0.2, 0.25) is 0 Å². The lowest BCUT2D eigenvalue weighted by atomic mass is 10.1. The Balaban J connectivity index is 1.79. The summed E-state index contributed by atoms with van der Waals surface area (Å²) in [5.41, 5.74) is 1.20. The molecule has 1 aliphatic heterocycles. The number of hydrogen-bond acceptors (Lipinski definition) is 5. The van der Waals surface area contributed by atoms with E-state index >= 15 is 0 Å². The van der Waals surface area contributed by atoms with Crippen molar-refractivity contribution in [3.8, 4) is 0 Å². The lowest BCUT2D eigenvalue weighted by molar-refractivity contribution is 0.0720. The van der Waals surface area contributed by atoms with Crippen molar-refractivity contribution >= 4 is 5.91 Å². The number of carbonyl (C=O) groups excluding carboxylic acids is 1. The number of carbonyl (C=O) groups is 1. The molecule has 6 heteroatoms. The Kier molecular flexibility index (Phi) is 3.77. The third-order valence-electron chi connectivity index (χ3n) is 3.78. The largest absolute Gasteiger partial charge is 0.361 e. The topological polar surface area (TPSA) is 72.4 Å². The van der Waals surface area contributed by atoms with Gasteiger partial charge in [0.15, 0.2) is 5.69 Å². The fourth-order valence-corrected chi connectivity index (χ4v) is 2.78. The minimum atomic E-state index is -0.102. The van der Waals surface area contributed by atoms with Crippen molar-refractivity contribution in [1.82, 2.24) is 15.2 Å². The number of likely N-dealkylation sites (tertiary alicyclic amines) is 1. The zero-order valence-electron chi connectivity index (χ0n) is 12.3.